The number of oxime groups is 1. The molecule has 0 saturated heterocycles. The quantitative estimate of drug-likeness (QED) is 0.819. The maximum atomic E-state index is 12.5. The molecule has 0 spiro atoms. The monoisotopic (exact) mass is 362 g/mol. The number of amides is 1. The standard InChI is InChI=1S/C18H16Cl2N2O2/c1-22(11-12-5-3-2-4-6-12)18(23)17-10-16(21-24-17)13-7-8-14(19)15(20)9-13/h2-9,17H,10-11H2,1H3/t17-/m1/s1. The molecule has 2 aromatic carbocycles. The van der Waals surface area contributed by atoms with Gasteiger partial charge in [-0.2, -0.15) is 0 Å². The lowest BCUT2D eigenvalue weighted by Gasteiger charge is -2.19. The van der Waals surface area contributed by atoms with Gasteiger partial charge in [0.2, 0.25) is 6.10 Å². The zero-order valence-electron chi connectivity index (χ0n) is 13.1. The van der Waals surface area contributed by atoms with Crippen LogP contribution in [0.5, 0.6) is 0 Å². The van der Waals surface area contributed by atoms with Gasteiger partial charge in [-0.05, 0) is 17.7 Å². The summed E-state index contributed by atoms with van der Waals surface area (Å²) < 4.78 is 0. The minimum atomic E-state index is -0.608. The molecular weight excluding hydrogens is 347 g/mol. The Hall–Kier alpha value is -2.04. The third kappa shape index (κ3) is 3.71. The van der Waals surface area contributed by atoms with Gasteiger partial charge in [0.15, 0.2) is 0 Å². The summed E-state index contributed by atoms with van der Waals surface area (Å²) in [5, 5.41) is 4.97. The van der Waals surface area contributed by atoms with E-state index in [4.69, 9.17) is 28.0 Å². The fourth-order valence-corrected chi connectivity index (χ4v) is 2.84. The van der Waals surface area contributed by atoms with E-state index in [1.54, 1.807) is 24.1 Å². The van der Waals surface area contributed by atoms with Crippen molar-refractivity contribution >= 4 is 34.8 Å². The average Bonchev–Trinajstić information content (AvgIpc) is 3.07. The van der Waals surface area contributed by atoms with Crippen LogP contribution in [-0.2, 0) is 16.2 Å². The first kappa shape index (κ1) is 16.8. The summed E-state index contributed by atoms with van der Waals surface area (Å²) in [4.78, 5) is 19.5. The van der Waals surface area contributed by atoms with E-state index >= 15 is 0 Å². The van der Waals surface area contributed by atoms with E-state index in [0.29, 0.717) is 28.7 Å². The van der Waals surface area contributed by atoms with E-state index in [9.17, 15) is 4.79 Å². The smallest absolute Gasteiger partial charge is 0.266 e. The van der Waals surface area contributed by atoms with Crippen LogP contribution < -0.4 is 0 Å². The molecule has 4 nitrogen and oxygen atoms in total. The van der Waals surface area contributed by atoms with Crippen LogP contribution in [0.25, 0.3) is 0 Å². The van der Waals surface area contributed by atoms with Crippen LogP contribution in [0.4, 0.5) is 0 Å². The zero-order chi connectivity index (χ0) is 17.1. The molecule has 0 aliphatic carbocycles. The molecule has 6 heteroatoms. The van der Waals surface area contributed by atoms with E-state index in [0.717, 1.165) is 11.1 Å². The lowest BCUT2D eigenvalue weighted by Crippen LogP contribution is -2.36. The van der Waals surface area contributed by atoms with E-state index in [2.05, 4.69) is 5.16 Å². The minimum Gasteiger partial charge on any atom is -0.382 e. The van der Waals surface area contributed by atoms with Gasteiger partial charge < -0.3 is 9.74 Å². The fourth-order valence-electron chi connectivity index (χ4n) is 2.54. The molecule has 1 atom stereocenters. The van der Waals surface area contributed by atoms with Gasteiger partial charge in [0.1, 0.15) is 0 Å². The summed E-state index contributed by atoms with van der Waals surface area (Å²) in [6.07, 6.45) is -0.196. The average molecular weight is 363 g/mol. The fraction of sp³-hybridized carbons (Fsp3) is 0.222. The maximum Gasteiger partial charge on any atom is 0.266 e. The Bertz CT molecular complexity index is 778. The predicted molar refractivity (Wildman–Crippen MR) is 95.4 cm³/mol. The Kier molecular flexibility index (Phi) is 5.07. The van der Waals surface area contributed by atoms with Crippen LogP contribution in [0, 0.1) is 0 Å². The number of benzene rings is 2. The Balaban J connectivity index is 1.63. The molecule has 1 amide bonds. The number of hydrogen-bond acceptors (Lipinski definition) is 3. The summed E-state index contributed by atoms with van der Waals surface area (Å²) in [6, 6.07) is 15.1. The molecular formula is C18H16Cl2N2O2. The van der Waals surface area contributed by atoms with Crippen molar-refractivity contribution in [2.45, 2.75) is 19.1 Å². The molecule has 0 aromatic heterocycles. The van der Waals surface area contributed by atoms with Gasteiger partial charge in [0, 0.05) is 25.6 Å². The van der Waals surface area contributed by atoms with Crippen molar-refractivity contribution in [1.82, 2.24) is 4.90 Å². The number of halogens is 2. The Morgan fingerprint density at radius 3 is 2.67 bits per heavy atom. The molecule has 0 fully saturated rings. The van der Waals surface area contributed by atoms with Gasteiger partial charge in [0.05, 0.1) is 15.8 Å². The van der Waals surface area contributed by atoms with Crippen LogP contribution >= 0.6 is 23.2 Å². The first-order valence-electron chi connectivity index (χ1n) is 7.51. The van der Waals surface area contributed by atoms with Gasteiger partial charge in [0.25, 0.3) is 5.91 Å². The molecule has 24 heavy (non-hydrogen) atoms. The third-order valence-corrected chi connectivity index (χ3v) is 4.57. The van der Waals surface area contributed by atoms with Crippen molar-refractivity contribution in [2.75, 3.05) is 7.05 Å². The highest BCUT2D eigenvalue weighted by atomic mass is 35.5. The second-order valence-corrected chi connectivity index (χ2v) is 6.46. The first-order valence-corrected chi connectivity index (χ1v) is 8.27. The molecule has 3 rings (SSSR count). The van der Waals surface area contributed by atoms with Crippen LogP contribution in [0.1, 0.15) is 17.5 Å². The number of likely N-dealkylation sites (N-methyl/N-ethyl adjacent to an activating group) is 1. The lowest BCUT2D eigenvalue weighted by atomic mass is 10.0. The predicted octanol–water partition coefficient (Wildman–Crippen LogP) is 4.15. The van der Waals surface area contributed by atoms with Crippen molar-refractivity contribution < 1.29 is 9.63 Å². The highest BCUT2D eigenvalue weighted by Gasteiger charge is 2.31. The summed E-state index contributed by atoms with van der Waals surface area (Å²) in [5.41, 5.74) is 2.57. The Morgan fingerprint density at radius 2 is 1.96 bits per heavy atom. The Labute approximate surface area is 150 Å². The van der Waals surface area contributed by atoms with E-state index in [1.165, 1.54) is 0 Å². The van der Waals surface area contributed by atoms with Crippen molar-refractivity contribution in [3.8, 4) is 0 Å². The molecule has 1 aliphatic heterocycles. The molecule has 0 unspecified atom stereocenters. The largest absolute Gasteiger partial charge is 0.382 e. The highest BCUT2D eigenvalue weighted by Crippen LogP contribution is 2.26. The summed E-state index contributed by atoms with van der Waals surface area (Å²) in [6.45, 7) is 0.529. The van der Waals surface area contributed by atoms with Crippen molar-refractivity contribution in [3.05, 3.63) is 69.7 Å². The topological polar surface area (TPSA) is 41.9 Å². The number of carbonyl (C=O) groups is 1. The number of carbonyl (C=O) groups excluding carboxylic acids is 1. The number of hydrogen-bond donors (Lipinski definition) is 0. The molecule has 0 saturated carbocycles. The SMILES string of the molecule is CN(Cc1ccccc1)C(=O)[C@H]1CC(c2ccc(Cl)c(Cl)c2)=NO1. The van der Waals surface area contributed by atoms with Crippen LogP contribution in [0.2, 0.25) is 10.0 Å². The number of nitrogens with zero attached hydrogens (tertiary/aromatic N) is 2. The van der Waals surface area contributed by atoms with Gasteiger partial charge in [-0.1, -0.05) is 64.8 Å². The summed E-state index contributed by atoms with van der Waals surface area (Å²) >= 11 is 12.0. The molecule has 1 heterocycles. The van der Waals surface area contributed by atoms with E-state index in [1.807, 2.05) is 36.4 Å². The van der Waals surface area contributed by atoms with Crippen LogP contribution in [-0.4, -0.2) is 29.7 Å². The van der Waals surface area contributed by atoms with Crippen LogP contribution in [0.3, 0.4) is 0 Å². The first-order chi connectivity index (χ1) is 11.5. The van der Waals surface area contributed by atoms with Gasteiger partial charge >= 0.3 is 0 Å². The Morgan fingerprint density at radius 1 is 1.21 bits per heavy atom. The summed E-state index contributed by atoms with van der Waals surface area (Å²) in [5.74, 6) is -0.0994. The highest BCUT2D eigenvalue weighted by molar-refractivity contribution is 6.42. The lowest BCUT2D eigenvalue weighted by molar-refractivity contribution is -0.141. The third-order valence-electron chi connectivity index (χ3n) is 3.84. The van der Waals surface area contributed by atoms with Crippen molar-refractivity contribution in [1.29, 1.82) is 0 Å². The van der Waals surface area contributed by atoms with Gasteiger partial charge in [-0.15, -0.1) is 0 Å². The second kappa shape index (κ2) is 7.24. The second-order valence-electron chi connectivity index (χ2n) is 5.64. The molecule has 124 valence electrons. The summed E-state index contributed by atoms with van der Waals surface area (Å²) in [7, 11) is 1.76. The molecule has 0 bridgehead atoms. The van der Waals surface area contributed by atoms with Gasteiger partial charge in [-0.3, -0.25) is 4.79 Å². The minimum absolute atomic E-state index is 0.0994. The van der Waals surface area contributed by atoms with Crippen LogP contribution in [0.15, 0.2) is 53.7 Å². The van der Waals surface area contributed by atoms with Crippen molar-refractivity contribution in [2.24, 2.45) is 5.16 Å². The maximum absolute atomic E-state index is 12.5. The molecule has 1 aliphatic rings. The number of rotatable bonds is 4. The van der Waals surface area contributed by atoms with E-state index < -0.39 is 6.10 Å². The molecule has 2 aromatic rings. The van der Waals surface area contributed by atoms with Crippen molar-refractivity contribution in [3.63, 3.8) is 0 Å². The molecule has 0 radical (unpaired) electrons. The molecule has 0 N–H and O–H groups in total. The normalized spacial score (nSPS) is 16.5. The van der Waals surface area contributed by atoms with E-state index in [-0.39, 0.29) is 5.91 Å². The van der Waals surface area contributed by atoms with Gasteiger partial charge in [-0.25, -0.2) is 0 Å². The zero-order valence-corrected chi connectivity index (χ0v) is 14.6.